The zero-order valence-corrected chi connectivity index (χ0v) is 13.7. The van der Waals surface area contributed by atoms with Gasteiger partial charge in [-0.2, -0.15) is 8.78 Å². The molecule has 0 aliphatic carbocycles. The molecule has 0 saturated heterocycles. The molecular weight excluding hydrogens is 358 g/mol. The van der Waals surface area contributed by atoms with Crippen molar-refractivity contribution < 1.29 is 27.0 Å². The van der Waals surface area contributed by atoms with Crippen LogP contribution in [0.15, 0.2) is 35.7 Å². The van der Waals surface area contributed by atoms with E-state index in [9.17, 15) is 17.6 Å². The van der Waals surface area contributed by atoms with Crippen molar-refractivity contribution in [2.45, 2.75) is 6.61 Å². The summed E-state index contributed by atoms with van der Waals surface area (Å²) in [6, 6.07) is 7.29. The van der Waals surface area contributed by atoms with Gasteiger partial charge in [0.15, 0.2) is 17.4 Å². The summed E-state index contributed by atoms with van der Waals surface area (Å²) in [4.78, 5) is 4.28. The fraction of sp³-hybridized carbons (Fsp3) is 0.118. The van der Waals surface area contributed by atoms with E-state index in [0.29, 0.717) is 16.5 Å². The summed E-state index contributed by atoms with van der Waals surface area (Å²) in [5.41, 5.74) is 1.20. The topological polar surface area (TPSA) is 31.4 Å². The predicted octanol–water partition coefficient (Wildman–Crippen LogP) is 4.95. The first-order valence-electron chi connectivity index (χ1n) is 7.04. The number of ether oxygens (including phenoxy) is 2. The molecule has 3 aromatic rings. The highest BCUT2D eigenvalue weighted by Crippen LogP contribution is 2.29. The van der Waals surface area contributed by atoms with E-state index in [1.807, 2.05) is 12.1 Å². The number of thiazole rings is 1. The van der Waals surface area contributed by atoms with Gasteiger partial charge in [-0.1, -0.05) is 0 Å². The molecule has 0 saturated carbocycles. The average Bonchev–Trinajstić information content (AvgIpc) is 3.09. The summed E-state index contributed by atoms with van der Waals surface area (Å²) >= 11 is 1.30. The van der Waals surface area contributed by atoms with E-state index in [0.717, 1.165) is 5.56 Å². The van der Waals surface area contributed by atoms with Gasteiger partial charge >= 0.3 is 0 Å². The van der Waals surface area contributed by atoms with Crippen molar-refractivity contribution in [2.24, 2.45) is 0 Å². The van der Waals surface area contributed by atoms with Crippen LogP contribution in [-0.2, 0) is 6.61 Å². The Labute approximate surface area is 144 Å². The van der Waals surface area contributed by atoms with Crippen LogP contribution in [0.25, 0.3) is 10.6 Å². The van der Waals surface area contributed by atoms with Gasteiger partial charge < -0.3 is 9.47 Å². The highest BCUT2D eigenvalue weighted by atomic mass is 32.1. The third-order valence-corrected chi connectivity index (χ3v) is 4.26. The van der Waals surface area contributed by atoms with Crippen molar-refractivity contribution in [1.29, 1.82) is 0 Å². The van der Waals surface area contributed by atoms with E-state index >= 15 is 0 Å². The smallest absolute Gasteiger partial charge is 0.203 e. The molecule has 0 amide bonds. The maximum Gasteiger partial charge on any atom is 0.203 e. The molecular formula is C17H11F4NO2S. The van der Waals surface area contributed by atoms with Crippen LogP contribution in [0.1, 0.15) is 5.69 Å². The first kappa shape index (κ1) is 17.2. The third kappa shape index (κ3) is 3.58. The SMILES string of the molecule is COc1ccc(-c2nc(COc3c(F)c(F)cc(F)c3F)cs2)cc1. The molecule has 3 rings (SSSR count). The lowest BCUT2D eigenvalue weighted by Crippen LogP contribution is -2.04. The molecule has 0 atom stereocenters. The second kappa shape index (κ2) is 7.10. The number of hydrogen-bond donors (Lipinski definition) is 0. The van der Waals surface area contributed by atoms with Crippen LogP contribution in [0.2, 0.25) is 0 Å². The van der Waals surface area contributed by atoms with Gasteiger partial charge in [0.05, 0.1) is 12.8 Å². The molecule has 0 aliphatic rings. The van der Waals surface area contributed by atoms with Gasteiger partial charge in [-0.15, -0.1) is 11.3 Å². The Morgan fingerprint density at radius 2 is 1.64 bits per heavy atom. The minimum atomic E-state index is -1.58. The quantitative estimate of drug-likeness (QED) is 0.471. The van der Waals surface area contributed by atoms with Crippen molar-refractivity contribution in [3.63, 3.8) is 0 Å². The van der Waals surface area contributed by atoms with E-state index in [1.165, 1.54) is 11.3 Å². The van der Waals surface area contributed by atoms with Crippen molar-refractivity contribution in [2.75, 3.05) is 7.11 Å². The predicted molar refractivity (Wildman–Crippen MR) is 84.7 cm³/mol. The van der Waals surface area contributed by atoms with Crippen LogP contribution < -0.4 is 9.47 Å². The van der Waals surface area contributed by atoms with Crippen LogP contribution in [0, 0.1) is 23.3 Å². The molecule has 0 spiro atoms. The third-order valence-electron chi connectivity index (χ3n) is 3.32. The van der Waals surface area contributed by atoms with Crippen LogP contribution >= 0.6 is 11.3 Å². The molecule has 1 heterocycles. The number of aromatic nitrogens is 1. The number of benzene rings is 2. The zero-order valence-electron chi connectivity index (χ0n) is 12.9. The number of rotatable bonds is 5. The lowest BCUT2D eigenvalue weighted by atomic mass is 10.2. The summed E-state index contributed by atoms with van der Waals surface area (Å²) in [6.07, 6.45) is 0. The lowest BCUT2D eigenvalue weighted by Gasteiger charge is -2.08. The molecule has 8 heteroatoms. The summed E-state index contributed by atoms with van der Waals surface area (Å²) < 4.78 is 63.4. The van der Waals surface area contributed by atoms with Gasteiger partial charge in [0.2, 0.25) is 11.6 Å². The number of methoxy groups -OCH3 is 1. The highest BCUT2D eigenvalue weighted by Gasteiger charge is 2.21. The van der Waals surface area contributed by atoms with Crippen molar-refractivity contribution in [3.8, 4) is 22.1 Å². The van der Waals surface area contributed by atoms with Gasteiger partial charge in [-0.25, -0.2) is 13.8 Å². The molecule has 0 radical (unpaired) electrons. The summed E-state index contributed by atoms with van der Waals surface area (Å²) in [7, 11) is 1.56. The molecule has 1 aromatic heterocycles. The van der Waals surface area contributed by atoms with Crippen molar-refractivity contribution in [1.82, 2.24) is 4.98 Å². The number of hydrogen-bond acceptors (Lipinski definition) is 4. The Morgan fingerprint density at radius 3 is 2.24 bits per heavy atom. The molecule has 0 aliphatic heterocycles. The Bertz CT molecular complexity index is 870. The van der Waals surface area contributed by atoms with Crippen LogP contribution in [0.3, 0.4) is 0 Å². The Kier molecular flexibility index (Phi) is 4.89. The van der Waals surface area contributed by atoms with Gasteiger partial charge in [0.1, 0.15) is 17.4 Å². The average molecular weight is 369 g/mol. The Hall–Kier alpha value is -2.61. The van der Waals surface area contributed by atoms with E-state index in [4.69, 9.17) is 9.47 Å². The molecule has 25 heavy (non-hydrogen) atoms. The van der Waals surface area contributed by atoms with Crippen LogP contribution in [0.4, 0.5) is 17.6 Å². The largest absolute Gasteiger partial charge is 0.497 e. The van der Waals surface area contributed by atoms with Gasteiger partial charge in [0, 0.05) is 17.0 Å². The maximum absolute atomic E-state index is 13.6. The molecule has 0 bridgehead atoms. The van der Waals surface area contributed by atoms with Gasteiger partial charge in [0.25, 0.3) is 0 Å². The minimum absolute atomic E-state index is 0.127. The standard InChI is InChI=1S/C17H11F4NO2S/c1-23-11-4-2-9(3-5-11)17-22-10(8-25-17)7-24-16-14(20)12(18)6-13(19)15(16)21/h2-6,8H,7H2,1H3. The van der Waals surface area contributed by atoms with E-state index in [1.54, 1.807) is 24.6 Å². The van der Waals surface area contributed by atoms with Crippen molar-refractivity contribution >= 4 is 11.3 Å². The second-order valence-corrected chi connectivity index (χ2v) is 5.82. The minimum Gasteiger partial charge on any atom is -0.497 e. The van der Waals surface area contributed by atoms with Crippen molar-refractivity contribution in [3.05, 3.63) is 64.7 Å². The Morgan fingerprint density at radius 1 is 1.00 bits per heavy atom. The summed E-state index contributed by atoms with van der Waals surface area (Å²) in [5.74, 6) is -6.61. The highest BCUT2D eigenvalue weighted by molar-refractivity contribution is 7.13. The van der Waals surface area contributed by atoms with E-state index < -0.39 is 29.0 Å². The normalized spacial score (nSPS) is 10.8. The van der Waals surface area contributed by atoms with Crippen LogP contribution in [-0.4, -0.2) is 12.1 Å². The fourth-order valence-electron chi connectivity index (χ4n) is 2.06. The first-order chi connectivity index (χ1) is 12.0. The molecule has 0 N–H and O–H groups in total. The second-order valence-electron chi connectivity index (χ2n) is 4.96. The van der Waals surface area contributed by atoms with Gasteiger partial charge in [-0.05, 0) is 24.3 Å². The molecule has 3 nitrogen and oxygen atoms in total. The summed E-state index contributed by atoms with van der Waals surface area (Å²) in [5, 5.41) is 2.29. The number of nitrogens with zero attached hydrogens (tertiary/aromatic N) is 1. The van der Waals surface area contributed by atoms with E-state index in [2.05, 4.69) is 4.98 Å². The van der Waals surface area contributed by atoms with E-state index in [-0.39, 0.29) is 12.7 Å². The zero-order chi connectivity index (χ0) is 18.0. The summed E-state index contributed by atoms with van der Waals surface area (Å²) in [6.45, 7) is -0.330. The maximum atomic E-state index is 13.6. The number of halogens is 4. The lowest BCUT2D eigenvalue weighted by molar-refractivity contribution is 0.259. The van der Waals surface area contributed by atoms with Gasteiger partial charge in [-0.3, -0.25) is 0 Å². The monoisotopic (exact) mass is 369 g/mol. The molecule has 0 fully saturated rings. The Balaban J connectivity index is 1.76. The molecule has 2 aromatic carbocycles. The first-order valence-corrected chi connectivity index (χ1v) is 7.92. The molecule has 0 unspecified atom stereocenters. The van der Waals surface area contributed by atoms with Crippen LogP contribution in [0.5, 0.6) is 11.5 Å². The molecule has 130 valence electrons. The fourth-order valence-corrected chi connectivity index (χ4v) is 2.87.